The van der Waals surface area contributed by atoms with Crippen molar-refractivity contribution in [2.45, 2.75) is 58.2 Å². The molecule has 0 aliphatic heterocycles. The van der Waals surface area contributed by atoms with Gasteiger partial charge in [0, 0.05) is 6.92 Å². The van der Waals surface area contributed by atoms with Gasteiger partial charge in [-0.25, -0.2) is 4.79 Å². The number of aliphatic hydroxyl groups excluding tert-OH is 1. The Kier molecular flexibility index (Phi) is 11.2. The molecule has 26 heavy (non-hydrogen) atoms. The Hall–Kier alpha value is -2.20. The smallest absolute Gasteiger partial charge is 0.326 e. The standard InChI is InChI=1S/C16H30N4O6/c1-9(2)13(16(25)26)20-14(23)11(6-4-5-7-17)19-15(24)12(8-21)18-10(3)22/h9,11-13,21H,4-8,17H2,1-3H3,(H,18,22)(H,19,24)(H,20,23)(H,25,26)/t11-,12-,13-/m0/s1. The molecule has 0 radical (unpaired) electrons. The van der Waals surface area contributed by atoms with Crippen molar-refractivity contribution in [3.8, 4) is 0 Å². The predicted octanol–water partition coefficient (Wildman–Crippen LogP) is -1.68. The number of unbranched alkanes of at least 4 members (excludes halogenated alkanes) is 1. The van der Waals surface area contributed by atoms with Crippen molar-refractivity contribution < 1.29 is 29.4 Å². The fourth-order valence-corrected chi connectivity index (χ4v) is 2.24. The highest BCUT2D eigenvalue weighted by Crippen LogP contribution is 2.06. The van der Waals surface area contributed by atoms with Crippen LogP contribution in [0.15, 0.2) is 0 Å². The van der Waals surface area contributed by atoms with Crippen LogP contribution in [0.2, 0.25) is 0 Å². The number of nitrogens with two attached hydrogens (primary N) is 1. The van der Waals surface area contributed by atoms with Gasteiger partial charge in [0.25, 0.3) is 0 Å². The lowest BCUT2D eigenvalue weighted by molar-refractivity contribution is -0.143. The van der Waals surface area contributed by atoms with E-state index in [-0.39, 0.29) is 12.3 Å². The van der Waals surface area contributed by atoms with E-state index in [9.17, 15) is 29.4 Å². The molecular formula is C16H30N4O6. The van der Waals surface area contributed by atoms with Crippen LogP contribution in [0.4, 0.5) is 0 Å². The Balaban J connectivity index is 5.12. The zero-order chi connectivity index (χ0) is 20.3. The van der Waals surface area contributed by atoms with Crippen LogP contribution in [-0.4, -0.2) is 65.2 Å². The average Bonchev–Trinajstić information content (AvgIpc) is 2.55. The highest BCUT2D eigenvalue weighted by molar-refractivity contribution is 5.93. The Morgan fingerprint density at radius 2 is 1.54 bits per heavy atom. The lowest BCUT2D eigenvalue weighted by atomic mass is 10.0. The van der Waals surface area contributed by atoms with Crippen molar-refractivity contribution >= 4 is 23.7 Å². The van der Waals surface area contributed by atoms with E-state index in [0.29, 0.717) is 19.4 Å². The zero-order valence-electron chi connectivity index (χ0n) is 15.4. The number of hydrogen-bond acceptors (Lipinski definition) is 6. The van der Waals surface area contributed by atoms with E-state index in [1.165, 1.54) is 6.92 Å². The van der Waals surface area contributed by atoms with Crippen LogP contribution in [0.25, 0.3) is 0 Å². The molecule has 0 saturated heterocycles. The van der Waals surface area contributed by atoms with Crippen LogP contribution in [-0.2, 0) is 19.2 Å². The summed E-state index contributed by atoms with van der Waals surface area (Å²) in [6, 6.07) is -3.30. The second-order valence-electron chi connectivity index (χ2n) is 6.35. The average molecular weight is 374 g/mol. The van der Waals surface area contributed by atoms with Gasteiger partial charge in [-0.2, -0.15) is 0 Å². The molecule has 0 bridgehead atoms. The van der Waals surface area contributed by atoms with Crippen LogP contribution < -0.4 is 21.7 Å². The van der Waals surface area contributed by atoms with Gasteiger partial charge in [-0.15, -0.1) is 0 Å². The van der Waals surface area contributed by atoms with Crippen LogP contribution in [0, 0.1) is 5.92 Å². The van der Waals surface area contributed by atoms with Gasteiger partial charge in [0.1, 0.15) is 18.1 Å². The Bertz CT molecular complexity index is 497. The van der Waals surface area contributed by atoms with Gasteiger partial charge in [-0.1, -0.05) is 13.8 Å². The van der Waals surface area contributed by atoms with E-state index in [1.54, 1.807) is 13.8 Å². The van der Waals surface area contributed by atoms with Crippen LogP contribution in [0.5, 0.6) is 0 Å². The van der Waals surface area contributed by atoms with E-state index in [2.05, 4.69) is 16.0 Å². The number of aliphatic carboxylic acids is 1. The number of carbonyl (C=O) groups excluding carboxylic acids is 3. The van der Waals surface area contributed by atoms with Crippen molar-refractivity contribution in [2.75, 3.05) is 13.2 Å². The maximum absolute atomic E-state index is 12.5. The molecule has 0 fully saturated rings. The van der Waals surface area contributed by atoms with Crippen molar-refractivity contribution in [2.24, 2.45) is 11.7 Å². The highest BCUT2D eigenvalue weighted by Gasteiger charge is 2.30. The minimum Gasteiger partial charge on any atom is -0.480 e. The van der Waals surface area contributed by atoms with E-state index in [0.717, 1.165) is 0 Å². The fourth-order valence-electron chi connectivity index (χ4n) is 2.24. The van der Waals surface area contributed by atoms with Crippen molar-refractivity contribution in [3.05, 3.63) is 0 Å². The van der Waals surface area contributed by atoms with Crippen molar-refractivity contribution in [3.63, 3.8) is 0 Å². The number of carbonyl (C=O) groups is 4. The van der Waals surface area contributed by atoms with Gasteiger partial charge in [0.2, 0.25) is 17.7 Å². The third-order valence-corrected chi connectivity index (χ3v) is 3.69. The summed E-state index contributed by atoms with van der Waals surface area (Å²) in [7, 11) is 0. The Morgan fingerprint density at radius 3 is 1.96 bits per heavy atom. The van der Waals surface area contributed by atoms with Gasteiger partial charge in [-0.3, -0.25) is 14.4 Å². The molecule has 10 heteroatoms. The summed E-state index contributed by atoms with van der Waals surface area (Å²) in [5.74, 6) is -3.40. The first-order chi connectivity index (χ1) is 12.1. The summed E-state index contributed by atoms with van der Waals surface area (Å²) >= 11 is 0. The molecule has 0 aromatic carbocycles. The number of carboxylic acid groups (broad SMARTS) is 1. The Labute approximate surface area is 152 Å². The molecule has 0 aliphatic carbocycles. The quantitative estimate of drug-likeness (QED) is 0.221. The molecule has 150 valence electrons. The third kappa shape index (κ3) is 8.77. The number of aliphatic hydroxyl groups is 1. The van der Waals surface area contributed by atoms with Gasteiger partial charge < -0.3 is 31.9 Å². The molecule has 3 amide bonds. The lowest BCUT2D eigenvalue weighted by Gasteiger charge is -2.25. The minimum atomic E-state index is -1.20. The largest absolute Gasteiger partial charge is 0.480 e. The normalized spacial score (nSPS) is 14.2. The Morgan fingerprint density at radius 1 is 0.962 bits per heavy atom. The summed E-state index contributed by atoms with van der Waals surface area (Å²) in [5, 5.41) is 25.6. The molecule has 0 aromatic rings. The number of nitrogens with one attached hydrogen (secondary N) is 3. The first-order valence-electron chi connectivity index (χ1n) is 8.55. The van der Waals surface area contributed by atoms with Crippen molar-refractivity contribution in [1.29, 1.82) is 0 Å². The SMILES string of the molecule is CC(=O)N[C@@H](CO)C(=O)N[C@@H](CCCCN)C(=O)N[C@H](C(=O)O)C(C)C. The molecule has 3 atom stereocenters. The fraction of sp³-hybridized carbons (Fsp3) is 0.750. The number of hydrogen-bond donors (Lipinski definition) is 6. The van der Waals surface area contributed by atoms with Crippen molar-refractivity contribution in [1.82, 2.24) is 16.0 Å². The zero-order valence-corrected chi connectivity index (χ0v) is 15.4. The third-order valence-electron chi connectivity index (χ3n) is 3.69. The highest BCUT2D eigenvalue weighted by atomic mass is 16.4. The second-order valence-corrected chi connectivity index (χ2v) is 6.35. The van der Waals surface area contributed by atoms with Gasteiger partial charge in [0.05, 0.1) is 6.61 Å². The molecular weight excluding hydrogens is 344 g/mol. The van der Waals surface area contributed by atoms with Crippen LogP contribution in [0.1, 0.15) is 40.0 Å². The van der Waals surface area contributed by atoms with Gasteiger partial charge >= 0.3 is 5.97 Å². The summed E-state index contributed by atoms with van der Waals surface area (Å²) in [6.07, 6.45) is 1.41. The maximum Gasteiger partial charge on any atom is 0.326 e. The monoisotopic (exact) mass is 374 g/mol. The molecule has 0 saturated carbocycles. The first-order valence-corrected chi connectivity index (χ1v) is 8.55. The summed E-state index contributed by atoms with van der Waals surface area (Å²) < 4.78 is 0. The molecule has 10 nitrogen and oxygen atoms in total. The topological polar surface area (TPSA) is 171 Å². The minimum absolute atomic E-state index is 0.247. The molecule has 0 unspecified atom stereocenters. The van der Waals surface area contributed by atoms with Gasteiger partial charge in [0.15, 0.2) is 0 Å². The molecule has 0 spiro atoms. The maximum atomic E-state index is 12.5. The molecule has 7 N–H and O–H groups in total. The van der Waals surface area contributed by atoms with Gasteiger partial charge in [-0.05, 0) is 31.7 Å². The molecule has 0 aliphatic rings. The summed E-state index contributed by atoms with van der Waals surface area (Å²) in [6.45, 7) is 4.28. The van der Waals surface area contributed by atoms with E-state index in [4.69, 9.17) is 5.73 Å². The van der Waals surface area contributed by atoms with Crippen LogP contribution >= 0.6 is 0 Å². The number of carboxylic acids is 1. The van der Waals surface area contributed by atoms with E-state index in [1.807, 2.05) is 0 Å². The second kappa shape index (κ2) is 12.2. The van der Waals surface area contributed by atoms with Crippen LogP contribution in [0.3, 0.4) is 0 Å². The first kappa shape index (κ1) is 23.8. The molecule has 0 heterocycles. The van der Waals surface area contributed by atoms with E-state index >= 15 is 0 Å². The van der Waals surface area contributed by atoms with E-state index < -0.39 is 48.4 Å². The molecule has 0 aromatic heterocycles. The predicted molar refractivity (Wildman–Crippen MR) is 93.9 cm³/mol. The summed E-state index contributed by atoms with van der Waals surface area (Å²) in [5.41, 5.74) is 5.43. The number of rotatable bonds is 12. The summed E-state index contributed by atoms with van der Waals surface area (Å²) in [4.78, 5) is 47.0. The lowest BCUT2D eigenvalue weighted by Crippen LogP contribution is -2.57. The number of amides is 3. The molecule has 0 rings (SSSR count).